The van der Waals surface area contributed by atoms with Crippen LogP contribution in [0.2, 0.25) is 0 Å². The molecule has 0 aromatic carbocycles. The number of pyridine rings is 1. The first-order valence-corrected chi connectivity index (χ1v) is 5.94. The zero-order valence-electron chi connectivity index (χ0n) is 11.5. The Kier molecular flexibility index (Phi) is 6.38. The van der Waals surface area contributed by atoms with Crippen molar-refractivity contribution in [2.75, 3.05) is 0 Å². The largest absolute Gasteiger partial charge is 0.268 e. The second-order valence-electron chi connectivity index (χ2n) is 3.05. The molecule has 2 heterocycles. The highest BCUT2D eigenvalue weighted by atomic mass is 15.3. The lowest BCUT2D eigenvalue weighted by atomic mass is 10.2. The summed E-state index contributed by atoms with van der Waals surface area (Å²) in [5.74, 6) is 0. The Hall–Kier alpha value is -1.38. The van der Waals surface area contributed by atoms with E-state index in [1.807, 2.05) is 59.5 Å². The summed E-state index contributed by atoms with van der Waals surface area (Å²) < 4.78 is 1.89. The van der Waals surface area contributed by atoms with Gasteiger partial charge in [0.15, 0.2) is 0 Å². The Labute approximate surface area is 98.5 Å². The summed E-state index contributed by atoms with van der Waals surface area (Å²) in [5.41, 5.74) is 3.23. The quantitative estimate of drug-likeness (QED) is 0.680. The molecule has 0 fully saturated rings. The Morgan fingerprint density at radius 3 is 2.19 bits per heavy atom. The molecule has 3 heteroatoms. The Bertz CT molecular complexity index is 430. The molecule has 0 saturated heterocycles. The highest BCUT2D eigenvalue weighted by molar-refractivity contribution is 5.80. The van der Waals surface area contributed by atoms with Gasteiger partial charge in [0.05, 0.1) is 11.2 Å². The van der Waals surface area contributed by atoms with E-state index in [1.54, 1.807) is 0 Å². The summed E-state index contributed by atoms with van der Waals surface area (Å²) in [6, 6.07) is 2.05. The lowest BCUT2D eigenvalue weighted by Gasteiger charge is -1.94. The summed E-state index contributed by atoms with van der Waals surface area (Å²) in [4.78, 5) is 4.23. The molecule has 90 valence electrons. The second-order valence-corrected chi connectivity index (χ2v) is 3.05. The molecule has 0 atom stereocenters. The van der Waals surface area contributed by atoms with Gasteiger partial charge in [-0.15, -0.1) is 0 Å². The first-order chi connectivity index (χ1) is 7.68. The molecular weight excluding hydrogens is 198 g/mol. The van der Waals surface area contributed by atoms with E-state index in [4.69, 9.17) is 0 Å². The SMILES string of the molecule is CC.CC.Cc1cc2c(cn1)c(C)nn2C. The van der Waals surface area contributed by atoms with Gasteiger partial charge in [-0.2, -0.15) is 5.10 Å². The van der Waals surface area contributed by atoms with Gasteiger partial charge in [0.25, 0.3) is 0 Å². The fourth-order valence-electron chi connectivity index (χ4n) is 1.42. The van der Waals surface area contributed by atoms with Crippen molar-refractivity contribution in [3.8, 4) is 0 Å². The van der Waals surface area contributed by atoms with Crippen LogP contribution in [0.25, 0.3) is 10.9 Å². The van der Waals surface area contributed by atoms with E-state index in [0.717, 1.165) is 22.3 Å². The van der Waals surface area contributed by atoms with Crippen molar-refractivity contribution in [2.45, 2.75) is 41.5 Å². The summed E-state index contributed by atoms with van der Waals surface area (Å²) in [6.45, 7) is 12.0. The van der Waals surface area contributed by atoms with Crippen molar-refractivity contribution >= 4 is 10.9 Å². The van der Waals surface area contributed by atoms with Gasteiger partial charge in [0.1, 0.15) is 0 Å². The molecule has 0 bridgehead atoms. The Morgan fingerprint density at radius 1 is 1.06 bits per heavy atom. The highest BCUT2D eigenvalue weighted by Crippen LogP contribution is 2.16. The van der Waals surface area contributed by atoms with Crippen LogP contribution in [0.15, 0.2) is 12.3 Å². The third-order valence-corrected chi connectivity index (χ3v) is 2.06. The molecule has 2 aromatic rings. The maximum Gasteiger partial charge on any atom is 0.0715 e. The average Bonchev–Trinajstić information content (AvgIpc) is 2.60. The highest BCUT2D eigenvalue weighted by Gasteiger charge is 2.03. The summed E-state index contributed by atoms with van der Waals surface area (Å²) >= 11 is 0. The van der Waals surface area contributed by atoms with E-state index in [0.29, 0.717) is 0 Å². The summed E-state index contributed by atoms with van der Waals surface area (Å²) in [6.07, 6.45) is 1.88. The fraction of sp³-hybridized carbons (Fsp3) is 0.538. The zero-order chi connectivity index (χ0) is 12.7. The molecule has 0 radical (unpaired) electrons. The first kappa shape index (κ1) is 14.6. The van der Waals surface area contributed by atoms with Gasteiger partial charge in [0.2, 0.25) is 0 Å². The van der Waals surface area contributed by atoms with Crippen molar-refractivity contribution in [1.82, 2.24) is 14.8 Å². The number of aryl methyl sites for hydroxylation is 3. The first-order valence-electron chi connectivity index (χ1n) is 5.94. The molecule has 2 rings (SSSR count). The topological polar surface area (TPSA) is 30.7 Å². The maximum absolute atomic E-state index is 4.31. The zero-order valence-corrected chi connectivity index (χ0v) is 11.5. The molecule has 3 nitrogen and oxygen atoms in total. The maximum atomic E-state index is 4.31. The van der Waals surface area contributed by atoms with E-state index >= 15 is 0 Å². The third kappa shape index (κ3) is 3.05. The lowest BCUT2D eigenvalue weighted by molar-refractivity contribution is 0.783. The van der Waals surface area contributed by atoms with Crippen LogP contribution in [0.5, 0.6) is 0 Å². The van der Waals surface area contributed by atoms with Gasteiger partial charge in [-0.1, -0.05) is 27.7 Å². The van der Waals surface area contributed by atoms with Crippen molar-refractivity contribution in [3.63, 3.8) is 0 Å². The molecule has 2 aromatic heterocycles. The van der Waals surface area contributed by atoms with Crippen molar-refractivity contribution < 1.29 is 0 Å². The van der Waals surface area contributed by atoms with Crippen LogP contribution >= 0.6 is 0 Å². The molecule has 0 amide bonds. The second kappa shape index (κ2) is 6.99. The molecule has 0 N–H and O–H groups in total. The van der Waals surface area contributed by atoms with Crippen molar-refractivity contribution in [2.24, 2.45) is 7.05 Å². The minimum absolute atomic E-state index is 1.03. The smallest absolute Gasteiger partial charge is 0.0715 e. The normalized spacial score (nSPS) is 8.94. The van der Waals surface area contributed by atoms with E-state index in [2.05, 4.69) is 16.1 Å². The third-order valence-electron chi connectivity index (χ3n) is 2.06. The van der Waals surface area contributed by atoms with Crippen LogP contribution in [-0.4, -0.2) is 14.8 Å². The molecule has 0 spiro atoms. The molecule has 0 aliphatic rings. The van der Waals surface area contributed by atoms with Crippen LogP contribution in [0, 0.1) is 13.8 Å². The van der Waals surface area contributed by atoms with Gasteiger partial charge in [-0.3, -0.25) is 9.67 Å². The molecular formula is C13H23N3. The van der Waals surface area contributed by atoms with Crippen LogP contribution in [0.4, 0.5) is 0 Å². The van der Waals surface area contributed by atoms with Gasteiger partial charge >= 0.3 is 0 Å². The minimum Gasteiger partial charge on any atom is -0.268 e. The van der Waals surface area contributed by atoms with E-state index in [1.165, 1.54) is 0 Å². The monoisotopic (exact) mass is 221 g/mol. The molecule has 16 heavy (non-hydrogen) atoms. The molecule has 0 aliphatic carbocycles. The number of hydrogen-bond donors (Lipinski definition) is 0. The predicted octanol–water partition coefficient (Wildman–Crippen LogP) is 3.64. The van der Waals surface area contributed by atoms with Crippen LogP contribution in [0.1, 0.15) is 39.1 Å². The summed E-state index contributed by atoms with van der Waals surface area (Å²) in [5, 5.41) is 5.45. The number of aromatic nitrogens is 3. The van der Waals surface area contributed by atoms with E-state index in [-0.39, 0.29) is 0 Å². The van der Waals surface area contributed by atoms with Gasteiger partial charge in [-0.05, 0) is 19.9 Å². The molecule has 0 saturated carbocycles. The predicted molar refractivity (Wildman–Crippen MR) is 70.7 cm³/mol. The average molecular weight is 221 g/mol. The molecule has 0 unspecified atom stereocenters. The Morgan fingerprint density at radius 2 is 1.62 bits per heavy atom. The summed E-state index contributed by atoms with van der Waals surface area (Å²) in [7, 11) is 1.95. The number of rotatable bonds is 0. The van der Waals surface area contributed by atoms with E-state index < -0.39 is 0 Å². The van der Waals surface area contributed by atoms with Crippen molar-refractivity contribution in [3.05, 3.63) is 23.7 Å². The number of hydrogen-bond acceptors (Lipinski definition) is 2. The lowest BCUT2D eigenvalue weighted by Crippen LogP contribution is -1.90. The van der Waals surface area contributed by atoms with Crippen LogP contribution in [0.3, 0.4) is 0 Å². The number of fused-ring (bicyclic) bond motifs is 1. The van der Waals surface area contributed by atoms with Gasteiger partial charge < -0.3 is 0 Å². The van der Waals surface area contributed by atoms with Crippen molar-refractivity contribution in [1.29, 1.82) is 0 Å². The Balaban J connectivity index is 0.000000509. The standard InChI is InChI=1S/C9H11N3.2C2H6/c1-6-4-9-8(5-10-6)7(2)11-12(9)3;2*1-2/h4-5H,1-3H3;2*1-2H3. The minimum atomic E-state index is 1.03. The van der Waals surface area contributed by atoms with E-state index in [9.17, 15) is 0 Å². The van der Waals surface area contributed by atoms with Gasteiger partial charge in [0, 0.05) is 24.3 Å². The van der Waals surface area contributed by atoms with Crippen LogP contribution in [-0.2, 0) is 7.05 Å². The number of nitrogens with zero attached hydrogens (tertiary/aromatic N) is 3. The molecule has 0 aliphatic heterocycles. The van der Waals surface area contributed by atoms with Gasteiger partial charge in [-0.25, -0.2) is 0 Å². The van der Waals surface area contributed by atoms with Crippen LogP contribution < -0.4 is 0 Å². The fourth-order valence-corrected chi connectivity index (χ4v) is 1.42.